The Balaban J connectivity index is 1.81. The molecule has 0 aliphatic rings. The van der Waals surface area contributed by atoms with Crippen LogP contribution >= 0.6 is 0 Å². The Morgan fingerprint density at radius 1 is 0.767 bits per heavy atom. The van der Waals surface area contributed by atoms with Crippen molar-refractivity contribution in [2.24, 2.45) is 0 Å². The highest BCUT2D eigenvalue weighted by molar-refractivity contribution is 5.34. The molecule has 0 bridgehead atoms. The fraction of sp³-hybridized carbons (Fsp3) is 0.520. The van der Waals surface area contributed by atoms with Crippen molar-refractivity contribution in [3.63, 3.8) is 0 Å². The second-order valence-electron chi connectivity index (χ2n) is 7.10. The summed E-state index contributed by atoms with van der Waals surface area (Å²) in [6, 6.07) is 16.8. The number of hydrogen-bond acceptors (Lipinski definition) is 5. The fourth-order valence-electron chi connectivity index (χ4n) is 3.26. The van der Waals surface area contributed by atoms with Crippen LogP contribution in [0.2, 0.25) is 0 Å². The van der Waals surface area contributed by atoms with Gasteiger partial charge in [0.1, 0.15) is 11.5 Å². The zero-order valence-electron chi connectivity index (χ0n) is 18.7. The molecule has 0 fully saturated rings. The van der Waals surface area contributed by atoms with Crippen LogP contribution in [0.15, 0.2) is 48.5 Å². The summed E-state index contributed by atoms with van der Waals surface area (Å²) in [7, 11) is 0. The van der Waals surface area contributed by atoms with Crippen molar-refractivity contribution >= 4 is 0 Å². The number of para-hydroxylation sites is 2. The van der Waals surface area contributed by atoms with E-state index in [4.69, 9.17) is 18.9 Å². The van der Waals surface area contributed by atoms with Crippen molar-refractivity contribution in [3.8, 4) is 11.5 Å². The summed E-state index contributed by atoms with van der Waals surface area (Å²) in [6.45, 7) is 8.85. The van der Waals surface area contributed by atoms with Crippen molar-refractivity contribution in [3.05, 3.63) is 59.7 Å². The van der Waals surface area contributed by atoms with Crippen LogP contribution in [0.4, 0.5) is 0 Å². The molecule has 0 aliphatic carbocycles. The Bertz CT molecular complexity index is 707. The van der Waals surface area contributed by atoms with Gasteiger partial charge in [0.15, 0.2) is 13.6 Å². The summed E-state index contributed by atoms with van der Waals surface area (Å²) < 4.78 is 22.1. The first-order valence-corrected chi connectivity index (χ1v) is 11.1. The lowest BCUT2D eigenvalue weighted by molar-refractivity contribution is 0.0215. The third-order valence-corrected chi connectivity index (χ3v) is 5.02. The average molecular weight is 416 g/mol. The van der Waals surface area contributed by atoms with Gasteiger partial charge in [-0.05, 0) is 57.2 Å². The smallest absolute Gasteiger partial charge is 0.189 e. The van der Waals surface area contributed by atoms with E-state index in [9.17, 15) is 0 Å². The molecule has 0 saturated heterocycles. The summed E-state index contributed by atoms with van der Waals surface area (Å²) in [5.74, 6) is 1.81. The van der Waals surface area contributed by atoms with Gasteiger partial charge in [0.05, 0.1) is 0 Å². The van der Waals surface area contributed by atoms with Crippen LogP contribution in [0, 0.1) is 0 Å². The molecule has 5 nitrogen and oxygen atoms in total. The maximum atomic E-state index is 5.76. The normalized spacial score (nSPS) is 12.0. The van der Waals surface area contributed by atoms with E-state index in [1.807, 2.05) is 44.2 Å². The molecule has 2 rings (SSSR count). The van der Waals surface area contributed by atoms with Crippen LogP contribution in [0.1, 0.15) is 51.2 Å². The van der Waals surface area contributed by atoms with E-state index in [2.05, 4.69) is 30.4 Å². The van der Waals surface area contributed by atoms with Crippen molar-refractivity contribution in [1.82, 2.24) is 5.32 Å². The summed E-state index contributed by atoms with van der Waals surface area (Å²) in [6.07, 6.45) is 4.29. The molecule has 0 radical (unpaired) electrons. The standard InChI is InChI=1S/C25H37NO4/c1-4-23(26-18-22-13-8-10-17-25(22)30-20-28-6-3)15-11-14-21-12-7-9-16-24(21)29-19-27-5-2/h7-10,12-13,16-17,23,26H,4-6,11,14-15,18-20H2,1-3H3. The summed E-state index contributed by atoms with van der Waals surface area (Å²) >= 11 is 0. The summed E-state index contributed by atoms with van der Waals surface area (Å²) in [4.78, 5) is 0. The summed E-state index contributed by atoms with van der Waals surface area (Å²) in [5, 5.41) is 3.69. The zero-order valence-corrected chi connectivity index (χ0v) is 18.7. The molecule has 0 saturated carbocycles. The van der Waals surface area contributed by atoms with E-state index in [0.717, 1.165) is 49.3 Å². The molecule has 1 unspecified atom stereocenters. The number of benzene rings is 2. The number of aryl methyl sites for hydroxylation is 1. The highest BCUT2D eigenvalue weighted by Crippen LogP contribution is 2.22. The van der Waals surface area contributed by atoms with Gasteiger partial charge >= 0.3 is 0 Å². The first-order chi connectivity index (χ1) is 14.8. The Morgan fingerprint density at radius 3 is 1.93 bits per heavy atom. The van der Waals surface area contributed by atoms with Crippen molar-refractivity contribution < 1.29 is 18.9 Å². The minimum absolute atomic E-state index is 0.287. The Morgan fingerprint density at radius 2 is 1.33 bits per heavy atom. The minimum atomic E-state index is 0.287. The molecule has 1 atom stereocenters. The van der Waals surface area contributed by atoms with Crippen LogP contribution in [0.3, 0.4) is 0 Å². The quantitative estimate of drug-likeness (QED) is 0.297. The van der Waals surface area contributed by atoms with Gasteiger partial charge in [0.2, 0.25) is 0 Å². The molecular weight excluding hydrogens is 378 g/mol. The number of nitrogens with one attached hydrogen (secondary N) is 1. The van der Waals surface area contributed by atoms with Gasteiger partial charge in [0, 0.05) is 31.4 Å². The van der Waals surface area contributed by atoms with Gasteiger partial charge in [-0.25, -0.2) is 0 Å². The van der Waals surface area contributed by atoms with Crippen LogP contribution in [-0.4, -0.2) is 32.8 Å². The monoisotopic (exact) mass is 415 g/mol. The highest BCUT2D eigenvalue weighted by atomic mass is 16.7. The average Bonchev–Trinajstić information content (AvgIpc) is 2.78. The Labute approximate surface area is 181 Å². The van der Waals surface area contributed by atoms with Crippen LogP contribution in [-0.2, 0) is 22.4 Å². The van der Waals surface area contributed by atoms with Crippen molar-refractivity contribution in [2.75, 3.05) is 26.8 Å². The van der Waals surface area contributed by atoms with Crippen LogP contribution in [0.25, 0.3) is 0 Å². The topological polar surface area (TPSA) is 49.0 Å². The van der Waals surface area contributed by atoms with Gasteiger partial charge in [-0.2, -0.15) is 0 Å². The molecule has 166 valence electrons. The Kier molecular flexibility index (Phi) is 12.0. The van der Waals surface area contributed by atoms with Crippen molar-refractivity contribution in [1.29, 1.82) is 0 Å². The van der Waals surface area contributed by atoms with Gasteiger partial charge < -0.3 is 24.3 Å². The van der Waals surface area contributed by atoms with E-state index >= 15 is 0 Å². The molecule has 0 aromatic heterocycles. The Hall–Kier alpha value is -2.08. The molecule has 5 heteroatoms. The van der Waals surface area contributed by atoms with Gasteiger partial charge in [-0.15, -0.1) is 0 Å². The first-order valence-electron chi connectivity index (χ1n) is 11.1. The molecule has 30 heavy (non-hydrogen) atoms. The lowest BCUT2D eigenvalue weighted by Gasteiger charge is -2.19. The molecule has 0 spiro atoms. The van der Waals surface area contributed by atoms with Crippen LogP contribution < -0.4 is 14.8 Å². The molecule has 0 heterocycles. The van der Waals surface area contributed by atoms with E-state index in [1.54, 1.807) is 0 Å². The third kappa shape index (κ3) is 8.74. The summed E-state index contributed by atoms with van der Waals surface area (Å²) in [5.41, 5.74) is 2.40. The number of rotatable bonds is 16. The largest absolute Gasteiger partial charge is 0.467 e. The maximum absolute atomic E-state index is 5.76. The predicted molar refractivity (Wildman–Crippen MR) is 121 cm³/mol. The van der Waals surface area contributed by atoms with Crippen molar-refractivity contribution in [2.45, 2.75) is 59.0 Å². The zero-order chi connectivity index (χ0) is 21.4. The molecule has 0 aliphatic heterocycles. The van der Waals surface area contributed by atoms with E-state index in [1.165, 1.54) is 5.56 Å². The molecule has 1 N–H and O–H groups in total. The van der Waals surface area contributed by atoms with Gasteiger partial charge in [-0.1, -0.05) is 43.3 Å². The SMILES string of the molecule is CCOCOc1ccccc1CCCC(CC)NCc1ccccc1OCOCC. The molecule has 2 aromatic rings. The van der Waals surface area contributed by atoms with Gasteiger partial charge in [0.25, 0.3) is 0 Å². The van der Waals surface area contributed by atoms with E-state index in [-0.39, 0.29) is 6.79 Å². The van der Waals surface area contributed by atoms with E-state index in [0.29, 0.717) is 26.0 Å². The predicted octanol–water partition coefficient (Wildman–Crippen LogP) is 5.32. The van der Waals surface area contributed by atoms with Crippen LogP contribution in [0.5, 0.6) is 11.5 Å². The first kappa shape index (κ1) is 24.2. The highest BCUT2D eigenvalue weighted by Gasteiger charge is 2.10. The second-order valence-corrected chi connectivity index (χ2v) is 7.10. The lowest BCUT2D eigenvalue weighted by atomic mass is 10.0. The number of hydrogen-bond donors (Lipinski definition) is 1. The molecule has 2 aromatic carbocycles. The third-order valence-electron chi connectivity index (χ3n) is 5.02. The molecular formula is C25H37NO4. The van der Waals surface area contributed by atoms with E-state index < -0.39 is 0 Å². The van der Waals surface area contributed by atoms with Gasteiger partial charge in [-0.3, -0.25) is 0 Å². The maximum Gasteiger partial charge on any atom is 0.189 e. The second kappa shape index (κ2) is 14.8. The molecule has 0 amide bonds. The number of ether oxygens (including phenoxy) is 4. The minimum Gasteiger partial charge on any atom is -0.467 e. The fourth-order valence-corrected chi connectivity index (χ4v) is 3.26. The lowest BCUT2D eigenvalue weighted by Crippen LogP contribution is -2.28.